The van der Waals surface area contributed by atoms with E-state index in [2.05, 4.69) is 0 Å². The van der Waals surface area contributed by atoms with Crippen molar-refractivity contribution in [2.24, 2.45) is 0 Å². The summed E-state index contributed by atoms with van der Waals surface area (Å²) >= 11 is 6.08. The van der Waals surface area contributed by atoms with Gasteiger partial charge in [-0.15, -0.1) is 0 Å². The molecule has 22 heavy (non-hydrogen) atoms. The highest BCUT2D eigenvalue weighted by Crippen LogP contribution is 2.32. The van der Waals surface area contributed by atoms with Crippen molar-refractivity contribution >= 4 is 17.6 Å². The summed E-state index contributed by atoms with van der Waals surface area (Å²) < 4.78 is 16.0. The molecule has 3 rings (SSSR count). The van der Waals surface area contributed by atoms with E-state index in [-0.39, 0.29) is 25.8 Å². The lowest BCUT2D eigenvalue weighted by atomic mass is 10.1. The fourth-order valence-electron chi connectivity index (χ4n) is 2.34. The minimum absolute atomic E-state index is 0.133. The molecule has 0 aromatic heterocycles. The first kappa shape index (κ1) is 14.9. The lowest BCUT2D eigenvalue weighted by Gasteiger charge is -2.21. The number of rotatable bonds is 4. The summed E-state index contributed by atoms with van der Waals surface area (Å²) in [5.41, 5.74) is 2.55. The molecule has 0 bridgehead atoms. The van der Waals surface area contributed by atoms with E-state index in [4.69, 9.17) is 25.8 Å². The molecule has 0 saturated carbocycles. The van der Waals surface area contributed by atoms with Crippen LogP contribution in [0.3, 0.4) is 0 Å². The first-order valence-corrected chi connectivity index (χ1v) is 7.31. The number of halogens is 1. The van der Waals surface area contributed by atoms with Gasteiger partial charge >= 0.3 is 5.97 Å². The summed E-state index contributed by atoms with van der Waals surface area (Å²) in [4.78, 5) is 11.9. The van der Waals surface area contributed by atoms with Crippen LogP contribution < -0.4 is 4.74 Å². The highest BCUT2D eigenvalue weighted by Gasteiger charge is 2.17. The van der Waals surface area contributed by atoms with E-state index in [0.717, 1.165) is 16.7 Å². The number of carbonyl (C=O) groups is 1. The van der Waals surface area contributed by atoms with E-state index in [1.54, 1.807) is 12.1 Å². The average Bonchev–Trinajstić information content (AvgIpc) is 2.53. The predicted molar refractivity (Wildman–Crippen MR) is 81.7 cm³/mol. The maximum atomic E-state index is 11.9. The van der Waals surface area contributed by atoms with Crippen molar-refractivity contribution in [3.05, 3.63) is 64.2 Å². The number of ether oxygens (including phenoxy) is 3. The van der Waals surface area contributed by atoms with Crippen LogP contribution in [0, 0.1) is 0 Å². The van der Waals surface area contributed by atoms with Crippen LogP contribution in [0.15, 0.2) is 42.5 Å². The highest BCUT2D eigenvalue weighted by molar-refractivity contribution is 6.30. The van der Waals surface area contributed by atoms with E-state index in [1.165, 1.54) is 0 Å². The Labute approximate surface area is 133 Å². The van der Waals surface area contributed by atoms with E-state index in [0.29, 0.717) is 17.4 Å². The molecule has 0 amide bonds. The van der Waals surface area contributed by atoms with Crippen molar-refractivity contribution in [1.29, 1.82) is 0 Å². The molecular formula is C17H15ClO4. The first-order valence-electron chi connectivity index (χ1n) is 6.94. The molecule has 2 aromatic rings. The molecule has 0 radical (unpaired) electrons. The molecule has 4 nitrogen and oxygen atoms in total. The lowest BCUT2D eigenvalue weighted by Crippen LogP contribution is -2.14. The number of esters is 1. The normalized spacial score (nSPS) is 13.1. The molecule has 0 N–H and O–H groups in total. The SMILES string of the molecule is O=C(Cc1ccccc1)OCc1cc(Cl)cc2c1OCOC2. The number of hydrogen-bond acceptors (Lipinski definition) is 4. The Morgan fingerprint density at radius 2 is 2.05 bits per heavy atom. The monoisotopic (exact) mass is 318 g/mol. The topological polar surface area (TPSA) is 44.8 Å². The van der Waals surface area contributed by atoms with Crippen LogP contribution in [0.1, 0.15) is 16.7 Å². The molecule has 0 spiro atoms. The number of benzene rings is 2. The Morgan fingerprint density at radius 1 is 1.23 bits per heavy atom. The fraction of sp³-hybridized carbons (Fsp3) is 0.235. The van der Waals surface area contributed by atoms with E-state index < -0.39 is 0 Å². The molecule has 1 heterocycles. The predicted octanol–water partition coefficient (Wildman–Crippen LogP) is 3.49. The van der Waals surface area contributed by atoms with Gasteiger partial charge in [0.1, 0.15) is 12.4 Å². The second-order valence-corrected chi connectivity index (χ2v) is 5.42. The Bertz CT molecular complexity index is 670. The molecule has 0 aliphatic carbocycles. The third-order valence-electron chi connectivity index (χ3n) is 3.33. The summed E-state index contributed by atoms with van der Waals surface area (Å²) in [5, 5.41) is 0.571. The molecule has 1 aliphatic heterocycles. The van der Waals surface area contributed by atoms with Gasteiger partial charge in [0.05, 0.1) is 13.0 Å². The van der Waals surface area contributed by atoms with E-state index in [1.807, 2.05) is 30.3 Å². The van der Waals surface area contributed by atoms with E-state index in [9.17, 15) is 4.79 Å². The van der Waals surface area contributed by atoms with Crippen molar-refractivity contribution in [1.82, 2.24) is 0 Å². The van der Waals surface area contributed by atoms with Gasteiger partial charge in [0, 0.05) is 16.1 Å². The van der Waals surface area contributed by atoms with Crippen molar-refractivity contribution in [3.8, 4) is 5.75 Å². The number of fused-ring (bicyclic) bond motifs is 1. The van der Waals surface area contributed by atoms with Gasteiger partial charge in [0.25, 0.3) is 0 Å². The average molecular weight is 319 g/mol. The third-order valence-corrected chi connectivity index (χ3v) is 3.55. The maximum absolute atomic E-state index is 11.9. The molecule has 5 heteroatoms. The minimum Gasteiger partial charge on any atom is -0.467 e. The number of hydrogen-bond donors (Lipinski definition) is 0. The quantitative estimate of drug-likeness (QED) is 0.809. The van der Waals surface area contributed by atoms with Gasteiger partial charge in [0.2, 0.25) is 0 Å². The largest absolute Gasteiger partial charge is 0.467 e. The van der Waals surface area contributed by atoms with Crippen LogP contribution in [0.5, 0.6) is 5.75 Å². The van der Waals surface area contributed by atoms with Crippen molar-refractivity contribution in [3.63, 3.8) is 0 Å². The minimum atomic E-state index is -0.285. The molecule has 0 fully saturated rings. The van der Waals surface area contributed by atoms with Crippen LogP contribution >= 0.6 is 11.6 Å². The van der Waals surface area contributed by atoms with Crippen molar-refractivity contribution in [2.45, 2.75) is 19.6 Å². The Kier molecular flexibility index (Phi) is 4.61. The van der Waals surface area contributed by atoms with Crippen molar-refractivity contribution in [2.75, 3.05) is 6.79 Å². The summed E-state index contributed by atoms with van der Waals surface area (Å²) in [6.45, 7) is 0.773. The molecule has 0 unspecified atom stereocenters. The Morgan fingerprint density at radius 3 is 2.86 bits per heavy atom. The molecule has 114 valence electrons. The smallest absolute Gasteiger partial charge is 0.310 e. The standard InChI is InChI=1S/C17H15ClO4/c18-15-7-13-9-20-11-22-17(13)14(8-15)10-21-16(19)6-12-4-2-1-3-5-12/h1-5,7-8H,6,9-11H2. The zero-order chi connectivity index (χ0) is 15.4. The lowest BCUT2D eigenvalue weighted by molar-refractivity contribution is -0.144. The third kappa shape index (κ3) is 3.59. The van der Waals surface area contributed by atoms with Crippen LogP contribution in [-0.4, -0.2) is 12.8 Å². The zero-order valence-electron chi connectivity index (χ0n) is 11.9. The molecule has 0 atom stereocenters. The van der Waals surface area contributed by atoms with Gasteiger partial charge in [-0.2, -0.15) is 0 Å². The highest BCUT2D eigenvalue weighted by atomic mass is 35.5. The van der Waals surface area contributed by atoms with Crippen LogP contribution in [0.25, 0.3) is 0 Å². The Balaban J connectivity index is 1.66. The second kappa shape index (κ2) is 6.81. The number of carbonyl (C=O) groups excluding carboxylic acids is 1. The van der Waals surface area contributed by atoms with Gasteiger partial charge in [-0.1, -0.05) is 41.9 Å². The summed E-state index contributed by atoms with van der Waals surface area (Å²) in [6, 6.07) is 13.0. The molecule has 0 saturated heterocycles. The zero-order valence-corrected chi connectivity index (χ0v) is 12.6. The fourth-order valence-corrected chi connectivity index (χ4v) is 2.60. The van der Waals surface area contributed by atoms with Crippen LogP contribution in [-0.2, 0) is 33.9 Å². The molecule has 1 aliphatic rings. The van der Waals surface area contributed by atoms with Crippen LogP contribution in [0.2, 0.25) is 5.02 Å². The van der Waals surface area contributed by atoms with Crippen LogP contribution in [0.4, 0.5) is 0 Å². The van der Waals surface area contributed by atoms with Gasteiger partial charge in [0.15, 0.2) is 6.79 Å². The second-order valence-electron chi connectivity index (χ2n) is 4.99. The maximum Gasteiger partial charge on any atom is 0.310 e. The molecular weight excluding hydrogens is 304 g/mol. The van der Waals surface area contributed by atoms with Crippen molar-refractivity contribution < 1.29 is 19.0 Å². The first-order chi connectivity index (χ1) is 10.7. The van der Waals surface area contributed by atoms with Gasteiger partial charge in [-0.3, -0.25) is 4.79 Å². The van der Waals surface area contributed by atoms with Gasteiger partial charge in [-0.05, 0) is 17.7 Å². The summed E-state index contributed by atoms with van der Waals surface area (Å²) in [6.07, 6.45) is 0.244. The van der Waals surface area contributed by atoms with Gasteiger partial charge in [-0.25, -0.2) is 0 Å². The summed E-state index contributed by atoms with van der Waals surface area (Å²) in [7, 11) is 0. The van der Waals surface area contributed by atoms with Gasteiger partial charge < -0.3 is 14.2 Å². The Hall–Kier alpha value is -2.04. The molecule has 2 aromatic carbocycles. The van der Waals surface area contributed by atoms with E-state index >= 15 is 0 Å². The summed E-state index contributed by atoms with van der Waals surface area (Å²) in [5.74, 6) is 0.412.